The zero-order valence-corrected chi connectivity index (χ0v) is 14.3. The Balaban J connectivity index is 1.65. The second kappa shape index (κ2) is 7.34. The number of pyridine rings is 1. The van der Waals surface area contributed by atoms with E-state index < -0.39 is 0 Å². The maximum Gasteiger partial charge on any atom is 0.253 e. The van der Waals surface area contributed by atoms with E-state index in [4.69, 9.17) is 0 Å². The lowest BCUT2D eigenvalue weighted by Crippen LogP contribution is -2.46. The number of benzene rings is 1. The molecule has 1 aromatic carbocycles. The molecule has 2 aromatic rings. The van der Waals surface area contributed by atoms with Crippen molar-refractivity contribution in [2.45, 2.75) is 19.9 Å². The third-order valence-electron chi connectivity index (χ3n) is 4.17. The molecule has 1 fully saturated rings. The van der Waals surface area contributed by atoms with Crippen molar-refractivity contribution in [3.63, 3.8) is 0 Å². The number of amides is 1. The van der Waals surface area contributed by atoms with Crippen molar-refractivity contribution >= 4 is 17.3 Å². The van der Waals surface area contributed by atoms with Crippen molar-refractivity contribution in [3.05, 3.63) is 54.4 Å². The predicted octanol–water partition coefficient (Wildman–Crippen LogP) is 2.55. The van der Waals surface area contributed by atoms with Crippen LogP contribution >= 0.6 is 0 Å². The van der Waals surface area contributed by atoms with Crippen LogP contribution in [0.2, 0.25) is 0 Å². The summed E-state index contributed by atoms with van der Waals surface area (Å²) in [4.78, 5) is 21.1. The third-order valence-corrected chi connectivity index (χ3v) is 4.17. The first-order valence-electron chi connectivity index (χ1n) is 8.44. The molecule has 1 N–H and O–H groups in total. The highest BCUT2D eigenvalue weighted by atomic mass is 16.1. The number of hydrogen-bond acceptors (Lipinski definition) is 4. The van der Waals surface area contributed by atoms with Crippen LogP contribution in [0.4, 0.5) is 11.4 Å². The molecular formula is C19H24N4O. The van der Waals surface area contributed by atoms with Crippen LogP contribution < -0.4 is 15.1 Å². The van der Waals surface area contributed by atoms with E-state index >= 15 is 0 Å². The van der Waals surface area contributed by atoms with Gasteiger partial charge in [-0.3, -0.25) is 9.78 Å². The Kier molecular flexibility index (Phi) is 4.99. The van der Waals surface area contributed by atoms with E-state index in [0.29, 0.717) is 5.56 Å². The van der Waals surface area contributed by atoms with Gasteiger partial charge in [-0.1, -0.05) is 18.2 Å². The number of rotatable bonds is 4. The monoisotopic (exact) mass is 324 g/mol. The summed E-state index contributed by atoms with van der Waals surface area (Å²) in [5, 5.41) is 2.91. The summed E-state index contributed by atoms with van der Waals surface area (Å²) in [6.45, 7) is 7.69. The zero-order valence-electron chi connectivity index (χ0n) is 14.3. The predicted molar refractivity (Wildman–Crippen MR) is 97.7 cm³/mol. The minimum atomic E-state index is -0.0673. The van der Waals surface area contributed by atoms with Gasteiger partial charge >= 0.3 is 0 Å². The van der Waals surface area contributed by atoms with Crippen LogP contribution in [0.25, 0.3) is 0 Å². The SMILES string of the molecule is CC(C)NC(=O)c1cncc(N2CCN(c3ccccc3)CC2)c1. The van der Waals surface area contributed by atoms with Gasteiger partial charge in [0.2, 0.25) is 0 Å². The smallest absolute Gasteiger partial charge is 0.253 e. The van der Waals surface area contributed by atoms with Gasteiger partial charge in [-0.05, 0) is 32.0 Å². The maximum absolute atomic E-state index is 12.1. The minimum absolute atomic E-state index is 0.0673. The Morgan fingerprint density at radius 1 is 1.00 bits per heavy atom. The van der Waals surface area contributed by atoms with E-state index in [2.05, 4.69) is 44.4 Å². The lowest BCUT2D eigenvalue weighted by molar-refractivity contribution is 0.0943. The van der Waals surface area contributed by atoms with Gasteiger partial charge in [-0.25, -0.2) is 0 Å². The first-order chi connectivity index (χ1) is 11.6. The molecule has 5 nitrogen and oxygen atoms in total. The second-order valence-electron chi connectivity index (χ2n) is 6.37. The molecule has 2 heterocycles. The molecule has 0 atom stereocenters. The van der Waals surface area contributed by atoms with E-state index in [1.54, 1.807) is 6.20 Å². The highest BCUT2D eigenvalue weighted by Gasteiger charge is 2.18. The van der Waals surface area contributed by atoms with Gasteiger partial charge in [0.1, 0.15) is 0 Å². The van der Waals surface area contributed by atoms with E-state index in [9.17, 15) is 4.79 Å². The molecular weight excluding hydrogens is 300 g/mol. The molecule has 1 amide bonds. The molecule has 1 aromatic heterocycles. The van der Waals surface area contributed by atoms with Gasteiger partial charge in [0.05, 0.1) is 17.4 Å². The van der Waals surface area contributed by atoms with Crippen molar-refractivity contribution in [1.82, 2.24) is 10.3 Å². The molecule has 1 aliphatic heterocycles. The van der Waals surface area contributed by atoms with Crippen molar-refractivity contribution in [3.8, 4) is 0 Å². The summed E-state index contributed by atoms with van der Waals surface area (Å²) >= 11 is 0. The fourth-order valence-corrected chi connectivity index (χ4v) is 2.93. The van der Waals surface area contributed by atoms with E-state index in [1.807, 2.05) is 32.2 Å². The van der Waals surface area contributed by atoms with Crippen LogP contribution in [0, 0.1) is 0 Å². The van der Waals surface area contributed by atoms with Crippen molar-refractivity contribution in [2.24, 2.45) is 0 Å². The number of nitrogens with one attached hydrogen (secondary N) is 1. The summed E-state index contributed by atoms with van der Waals surface area (Å²) < 4.78 is 0. The van der Waals surface area contributed by atoms with Crippen molar-refractivity contribution in [1.29, 1.82) is 0 Å². The number of hydrogen-bond donors (Lipinski definition) is 1. The quantitative estimate of drug-likeness (QED) is 0.939. The molecule has 3 rings (SSSR count). The van der Waals surface area contributed by atoms with Gasteiger partial charge in [0.15, 0.2) is 0 Å². The Bertz CT molecular complexity index is 679. The molecule has 0 saturated carbocycles. The van der Waals surface area contributed by atoms with E-state index in [1.165, 1.54) is 5.69 Å². The molecule has 0 unspecified atom stereocenters. The van der Waals surface area contributed by atoms with Gasteiger partial charge in [-0.15, -0.1) is 0 Å². The molecule has 0 aliphatic carbocycles. The Labute approximate surface area is 143 Å². The highest BCUT2D eigenvalue weighted by Crippen LogP contribution is 2.20. The fraction of sp³-hybridized carbons (Fsp3) is 0.368. The number of para-hydroxylation sites is 1. The lowest BCUT2D eigenvalue weighted by atomic mass is 10.2. The van der Waals surface area contributed by atoms with Crippen LogP contribution in [0.15, 0.2) is 48.8 Å². The Morgan fingerprint density at radius 3 is 2.25 bits per heavy atom. The summed E-state index contributed by atoms with van der Waals surface area (Å²) in [6, 6.07) is 12.5. The van der Waals surface area contributed by atoms with Gasteiger partial charge in [0.25, 0.3) is 5.91 Å². The molecule has 0 radical (unpaired) electrons. The number of aromatic nitrogens is 1. The standard InChI is InChI=1S/C19H24N4O/c1-15(2)21-19(24)16-12-18(14-20-13-16)23-10-8-22(9-11-23)17-6-4-3-5-7-17/h3-7,12-15H,8-11H2,1-2H3,(H,21,24). The van der Waals surface area contributed by atoms with E-state index in [-0.39, 0.29) is 11.9 Å². The Hall–Kier alpha value is -2.56. The van der Waals surface area contributed by atoms with Gasteiger partial charge < -0.3 is 15.1 Å². The number of anilines is 2. The second-order valence-corrected chi connectivity index (χ2v) is 6.37. The fourth-order valence-electron chi connectivity index (χ4n) is 2.93. The van der Waals surface area contributed by atoms with Crippen molar-refractivity contribution in [2.75, 3.05) is 36.0 Å². The van der Waals surface area contributed by atoms with Crippen LogP contribution in [-0.4, -0.2) is 43.1 Å². The molecule has 1 aliphatic rings. The summed E-state index contributed by atoms with van der Waals surface area (Å²) in [5.74, 6) is -0.0673. The molecule has 0 spiro atoms. The molecule has 0 bridgehead atoms. The van der Waals surface area contributed by atoms with Gasteiger partial charge in [0, 0.05) is 44.1 Å². The first kappa shape index (κ1) is 16.3. The minimum Gasteiger partial charge on any atom is -0.368 e. The summed E-state index contributed by atoms with van der Waals surface area (Å²) in [7, 11) is 0. The first-order valence-corrected chi connectivity index (χ1v) is 8.44. The Morgan fingerprint density at radius 2 is 1.62 bits per heavy atom. The third kappa shape index (κ3) is 3.85. The molecule has 1 saturated heterocycles. The van der Waals surface area contributed by atoms with Crippen LogP contribution in [0.1, 0.15) is 24.2 Å². The largest absolute Gasteiger partial charge is 0.368 e. The normalized spacial score (nSPS) is 14.8. The molecule has 5 heteroatoms. The number of piperazine rings is 1. The number of carbonyl (C=O) groups excluding carboxylic acids is 1. The molecule has 24 heavy (non-hydrogen) atoms. The van der Waals surface area contributed by atoms with Gasteiger partial charge in [-0.2, -0.15) is 0 Å². The zero-order chi connectivity index (χ0) is 16.9. The highest BCUT2D eigenvalue weighted by molar-refractivity contribution is 5.94. The average Bonchev–Trinajstić information content (AvgIpc) is 2.62. The molecule has 126 valence electrons. The number of nitrogens with zero attached hydrogens (tertiary/aromatic N) is 3. The summed E-state index contributed by atoms with van der Waals surface area (Å²) in [5.41, 5.74) is 2.89. The maximum atomic E-state index is 12.1. The van der Waals surface area contributed by atoms with E-state index in [0.717, 1.165) is 31.9 Å². The van der Waals surface area contributed by atoms with Crippen LogP contribution in [-0.2, 0) is 0 Å². The van der Waals surface area contributed by atoms with Crippen molar-refractivity contribution < 1.29 is 4.79 Å². The number of carbonyl (C=O) groups is 1. The van der Waals surface area contributed by atoms with Crippen LogP contribution in [0.3, 0.4) is 0 Å². The summed E-state index contributed by atoms with van der Waals surface area (Å²) in [6.07, 6.45) is 3.46. The topological polar surface area (TPSA) is 48.5 Å². The average molecular weight is 324 g/mol. The lowest BCUT2D eigenvalue weighted by Gasteiger charge is -2.37. The van der Waals surface area contributed by atoms with Crippen LogP contribution in [0.5, 0.6) is 0 Å².